The molecule has 0 fully saturated rings. The standard InChI is InChI=1S/C15H24N2O3/c1-11(2)20-13-7-6-12(10-14(13)19-5)15(18)17(4)9-8-16-3/h6-7,10-11,16H,8-9H2,1-5H3. The van der Waals surface area contributed by atoms with Crippen LogP contribution in [0.4, 0.5) is 0 Å². The first-order chi connectivity index (χ1) is 9.49. The number of ether oxygens (including phenoxy) is 2. The Labute approximate surface area is 120 Å². The van der Waals surface area contributed by atoms with Crippen LogP contribution in [0.15, 0.2) is 18.2 Å². The maximum absolute atomic E-state index is 12.3. The zero-order valence-corrected chi connectivity index (χ0v) is 12.9. The van der Waals surface area contributed by atoms with Crippen molar-refractivity contribution in [1.29, 1.82) is 0 Å². The minimum absolute atomic E-state index is 0.0327. The first-order valence-corrected chi connectivity index (χ1v) is 6.74. The predicted octanol–water partition coefficient (Wildman–Crippen LogP) is 1.77. The van der Waals surface area contributed by atoms with Crippen molar-refractivity contribution < 1.29 is 14.3 Å². The zero-order chi connectivity index (χ0) is 15.1. The van der Waals surface area contributed by atoms with Gasteiger partial charge in [-0.3, -0.25) is 4.79 Å². The minimum Gasteiger partial charge on any atom is -0.493 e. The van der Waals surface area contributed by atoms with E-state index in [1.807, 2.05) is 20.9 Å². The van der Waals surface area contributed by atoms with Crippen LogP contribution in [0.3, 0.4) is 0 Å². The molecule has 1 rings (SSSR count). The molecule has 0 atom stereocenters. The highest BCUT2D eigenvalue weighted by Gasteiger charge is 2.15. The summed E-state index contributed by atoms with van der Waals surface area (Å²) in [6.45, 7) is 5.31. The van der Waals surface area contributed by atoms with Crippen LogP contribution in [-0.4, -0.2) is 51.2 Å². The van der Waals surface area contributed by atoms with E-state index in [0.29, 0.717) is 23.6 Å². The van der Waals surface area contributed by atoms with E-state index in [4.69, 9.17) is 9.47 Å². The summed E-state index contributed by atoms with van der Waals surface area (Å²) in [6.07, 6.45) is 0.0590. The Morgan fingerprint density at radius 2 is 2.05 bits per heavy atom. The van der Waals surface area contributed by atoms with Crippen molar-refractivity contribution >= 4 is 5.91 Å². The lowest BCUT2D eigenvalue weighted by Gasteiger charge is -2.18. The number of methoxy groups -OCH3 is 1. The highest BCUT2D eigenvalue weighted by Crippen LogP contribution is 2.29. The molecule has 0 radical (unpaired) electrons. The van der Waals surface area contributed by atoms with Crippen molar-refractivity contribution in [2.24, 2.45) is 0 Å². The fraction of sp³-hybridized carbons (Fsp3) is 0.533. The van der Waals surface area contributed by atoms with E-state index < -0.39 is 0 Å². The summed E-state index contributed by atoms with van der Waals surface area (Å²) >= 11 is 0. The third-order valence-electron chi connectivity index (χ3n) is 2.82. The Balaban J connectivity index is 2.88. The van der Waals surface area contributed by atoms with E-state index in [0.717, 1.165) is 6.54 Å². The van der Waals surface area contributed by atoms with Crippen LogP contribution in [0, 0.1) is 0 Å². The second kappa shape index (κ2) is 7.75. The predicted molar refractivity (Wildman–Crippen MR) is 79.6 cm³/mol. The fourth-order valence-electron chi connectivity index (χ4n) is 1.75. The van der Waals surface area contributed by atoms with Crippen molar-refractivity contribution in [3.63, 3.8) is 0 Å². The lowest BCUT2D eigenvalue weighted by atomic mass is 10.1. The largest absolute Gasteiger partial charge is 0.493 e. The Morgan fingerprint density at radius 3 is 2.60 bits per heavy atom. The molecule has 0 aliphatic rings. The number of hydrogen-bond donors (Lipinski definition) is 1. The molecule has 0 saturated heterocycles. The molecule has 1 aromatic carbocycles. The van der Waals surface area contributed by atoms with Crippen LogP contribution in [0.5, 0.6) is 11.5 Å². The molecule has 0 aliphatic heterocycles. The number of likely N-dealkylation sites (N-methyl/N-ethyl adjacent to an activating group) is 2. The maximum Gasteiger partial charge on any atom is 0.253 e. The van der Waals surface area contributed by atoms with Gasteiger partial charge in [-0.15, -0.1) is 0 Å². The first-order valence-electron chi connectivity index (χ1n) is 6.74. The van der Waals surface area contributed by atoms with Crippen LogP contribution in [-0.2, 0) is 0 Å². The molecule has 0 unspecified atom stereocenters. The van der Waals surface area contributed by atoms with E-state index in [-0.39, 0.29) is 12.0 Å². The minimum atomic E-state index is -0.0327. The van der Waals surface area contributed by atoms with Gasteiger partial charge in [0, 0.05) is 25.7 Å². The molecule has 0 bridgehead atoms. The van der Waals surface area contributed by atoms with Gasteiger partial charge in [-0.1, -0.05) is 0 Å². The molecule has 112 valence electrons. The van der Waals surface area contributed by atoms with Gasteiger partial charge in [-0.05, 0) is 39.1 Å². The number of hydrogen-bond acceptors (Lipinski definition) is 4. The van der Waals surface area contributed by atoms with Crippen molar-refractivity contribution in [3.8, 4) is 11.5 Å². The zero-order valence-electron chi connectivity index (χ0n) is 12.9. The third kappa shape index (κ3) is 4.42. The quantitative estimate of drug-likeness (QED) is 0.827. The first kappa shape index (κ1) is 16.3. The molecule has 20 heavy (non-hydrogen) atoms. The summed E-state index contributed by atoms with van der Waals surface area (Å²) in [5, 5.41) is 3.02. The van der Waals surface area contributed by atoms with Crippen molar-refractivity contribution in [2.75, 3.05) is 34.3 Å². The van der Waals surface area contributed by atoms with Crippen LogP contribution in [0.2, 0.25) is 0 Å². The Hall–Kier alpha value is -1.75. The number of carbonyl (C=O) groups excluding carboxylic acids is 1. The normalized spacial score (nSPS) is 10.5. The van der Waals surface area contributed by atoms with Crippen molar-refractivity contribution in [2.45, 2.75) is 20.0 Å². The Morgan fingerprint density at radius 1 is 1.35 bits per heavy atom. The van der Waals surface area contributed by atoms with Gasteiger partial charge in [0.1, 0.15) is 0 Å². The van der Waals surface area contributed by atoms with Gasteiger partial charge < -0.3 is 19.7 Å². The fourth-order valence-corrected chi connectivity index (χ4v) is 1.75. The average Bonchev–Trinajstić information content (AvgIpc) is 2.43. The molecule has 0 heterocycles. The van der Waals surface area contributed by atoms with E-state index in [1.54, 1.807) is 37.3 Å². The van der Waals surface area contributed by atoms with Gasteiger partial charge in [-0.2, -0.15) is 0 Å². The van der Waals surface area contributed by atoms with E-state index >= 15 is 0 Å². The van der Waals surface area contributed by atoms with Crippen LogP contribution < -0.4 is 14.8 Å². The number of amides is 1. The second-order valence-electron chi connectivity index (χ2n) is 4.86. The van der Waals surface area contributed by atoms with Crippen molar-refractivity contribution in [3.05, 3.63) is 23.8 Å². The lowest BCUT2D eigenvalue weighted by Crippen LogP contribution is -2.32. The van der Waals surface area contributed by atoms with Gasteiger partial charge in [0.25, 0.3) is 5.91 Å². The smallest absolute Gasteiger partial charge is 0.253 e. The highest BCUT2D eigenvalue weighted by molar-refractivity contribution is 5.94. The van der Waals surface area contributed by atoms with E-state index in [1.165, 1.54) is 0 Å². The average molecular weight is 280 g/mol. The SMILES string of the molecule is CNCCN(C)C(=O)c1ccc(OC(C)C)c(OC)c1. The van der Waals surface area contributed by atoms with Crippen molar-refractivity contribution in [1.82, 2.24) is 10.2 Å². The second-order valence-corrected chi connectivity index (χ2v) is 4.86. The lowest BCUT2D eigenvalue weighted by molar-refractivity contribution is 0.0796. The summed E-state index contributed by atoms with van der Waals surface area (Å²) < 4.78 is 10.9. The van der Waals surface area contributed by atoms with Gasteiger partial charge in [-0.25, -0.2) is 0 Å². The third-order valence-corrected chi connectivity index (χ3v) is 2.82. The van der Waals surface area contributed by atoms with E-state index in [2.05, 4.69) is 5.32 Å². The number of rotatable bonds is 7. The molecule has 0 aliphatic carbocycles. The van der Waals surface area contributed by atoms with Gasteiger partial charge >= 0.3 is 0 Å². The topological polar surface area (TPSA) is 50.8 Å². The van der Waals surface area contributed by atoms with Crippen LogP contribution >= 0.6 is 0 Å². The summed E-state index contributed by atoms with van der Waals surface area (Å²) in [7, 11) is 5.21. The molecule has 1 amide bonds. The summed E-state index contributed by atoms with van der Waals surface area (Å²) in [6, 6.07) is 5.26. The molecular weight excluding hydrogens is 256 g/mol. The van der Waals surface area contributed by atoms with Crippen LogP contribution in [0.1, 0.15) is 24.2 Å². The Bertz CT molecular complexity index is 447. The molecule has 0 spiro atoms. The molecular formula is C15H24N2O3. The van der Waals surface area contributed by atoms with Gasteiger partial charge in [0.05, 0.1) is 13.2 Å². The molecule has 1 N–H and O–H groups in total. The number of nitrogens with zero attached hydrogens (tertiary/aromatic N) is 1. The molecule has 5 nitrogen and oxygen atoms in total. The molecule has 0 saturated carbocycles. The maximum atomic E-state index is 12.3. The summed E-state index contributed by atoms with van der Waals surface area (Å²) in [5.74, 6) is 1.19. The summed E-state index contributed by atoms with van der Waals surface area (Å²) in [5.41, 5.74) is 0.594. The summed E-state index contributed by atoms with van der Waals surface area (Å²) in [4.78, 5) is 13.9. The molecule has 1 aromatic rings. The molecule has 0 aromatic heterocycles. The number of nitrogens with one attached hydrogen (secondary N) is 1. The van der Waals surface area contributed by atoms with E-state index in [9.17, 15) is 4.79 Å². The van der Waals surface area contributed by atoms with Gasteiger partial charge in [0.2, 0.25) is 0 Å². The Kier molecular flexibility index (Phi) is 6.31. The number of benzene rings is 1. The monoisotopic (exact) mass is 280 g/mol. The molecule has 5 heteroatoms. The van der Waals surface area contributed by atoms with Gasteiger partial charge in [0.15, 0.2) is 11.5 Å². The highest BCUT2D eigenvalue weighted by atomic mass is 16.5. The van der Waals surface area contributed by atoms with Crippen LogP contribution in [0.25, 0.3) is 0 Å². The number of carbonyl (C=O) groups is 1.